The molecule has 1 amide bonds. The number of carbonyl (C=O) groups excluding carboxylic acids is 1. The molecule has 2 aromatic rings. The molecule has 5 atom stereocenters. The minimum absolute atomic E-state index is 0.0468. The molecule has 2 unspecified atom stereocenters. The van der Waals surface area contributed by atoms with Crippen LogP contribution < -0.4 is 14.2 Å². The number of carboxylic acids is 1. The lowest BCUT2D eigenvalue weighted by Crippen LogP contribution is -2.48. The highest BCUT2D eigenvalue weighted by atomic mass is 16.7. The van der Waals surface area contributed by atoms with Crippen LogP contribution in [0.4, 0.5) is 0 Å². The van der Waals surface area contributed by atoms with Crippen molar-refractivity contribution in [2.75, 3.05) is 33.3 Å². The molecule has 1 N–H and O–H groups in total. The van der Waals surface area contributed by atoms with Crippen molar-refractivity contribution in [2.45, 2.75) is 105 Å². The molecule has 2 aliphatic heterocycles. The number of hydrogen-bond donors (Lipinski definition) is 1. The fourth-order valence-electron chi connectivity index (χ4n) is 8.00. The van der Waals surface area contributed by atoms with Gasteiger partial charge >= 0.3 is 5.97 Å². The smallest absolute Gasteiger partial charge is 0.312 e. The van der Waals surface area contributed by atoms with E-state index in [2.05, 4.69) is 32.6 Å². The van der Waals surface area contributed by atoms with Crippen LogP contribution in [0.5, 0.6) is 17.2 Å². The highest BCUT2D eigenvalue weighted by Gasteiger charge is 2.64. The predicted molar refractivity (Wildman–Crippen MR) is 182 cm³/mol. The van der Waals surface area contributed by atoms with Crippen molar-refractivity contribution < 1.29 is 28.9 Å². The third kappa shape index (κ3) is 6.73. The van der Waals surface area contributed by atoms with Gasteiger partial charge in [0.15, 0.2) is 11.5 Å². The van der Waals surface area contributed by atoms with E-state index in [1.54, 1.807) is 7.11 Å². The Morgan fingerprint density at radius 1 is 0.978 bits per heavy atom. The summed E-state index contributed by atoms with van der Waals surface area (Å²) in [4.78, 5) is 32.2. The van der Waals surface area contributed by atoms with E-state index in [9.17, 15) is 14.7 Å². The number of hydrogen-bond acceptors (Lipinski definition) is 6. The minimum Gasteiger partial charge on any atom is -0.497 e. The summed E-state index contributed by atoms with van der Waals surface area (Å²) in [5.74, 6) is 1.09. The fourth-order valence-corrected chi connectivity index (χ4v) is 8.00. The average molecular weight is 637 g/mol. The minimum atomic E-state index is -1.30. The lowest BCUT2D eigenvalue weighted by Gasteiger charge is -2.41. The summed E-state index contributed by atoms with van der Waals surface area (Å²) in [7, 11) is 1.62. The van der Waals surface area contributed by atoms with Crippen molar-refractivity contribution >= 4 is 11.9 Å². The standard InChI is InChI=1S/C38H56N2O6/c1-11-13-25(3)21-39(22-26(4)14-12-2)32(41)23-40-24-37(8,30-19-20-31-33(27(30)5)46-36(6,7)45-31)38(9,35(42)43)34(40)28-15-17-29(44-10)18-16-28/h15-20,25-26,34H,11-14,21-24H2,1-10H3,(H,42,43)/t25?,26?,34-,37+,38+/m0/s1. The van der Waals surface area contributed by atoms with Crippen LogP contribution in [0.25, 0.3) is 0 Å². The third-order valence-corrected chi connectivity index (χ3v) is 10.4. The van der Waals surface area contributed by atoms with E-state index in [1.807, 2.05) is 75.9 Å². The van der Waals surface area contributed by atoms with E-state index in [0.29, 0.717) is 48.7 Å². The molecule has 2 heterocycles. The normalized spacial score (nSPS) is 24.9. The fraction of sp³-hybridized carbons (Fsp3) is 0.632. The van der Waals surface area contributed by atoms with Gasteiger partial charge in [-0.1, -0.05) is 65.7 Å². The van der Waals surface area contributed by atoms with Crippen LogP contribution in [0, 0.1) is 24.2 Å². The summed E-state index contributed by atoms with van der Waals surface area (Å²) in [6, 6.07) is 10.9. The van der Waals surface area contributed by atoms with Crippen LogP contribution in [0.2, 0.25) is 0 Å². The molecule has 254 valence electrons. The van der Waals surface area contributed by atoms with Gasteiger partial charge in [0.2, 0.25) is 11.7 Å². The largest absolute Gasteiger partial charge is 0.497 e. The average Bonchev–Trinajstić information content (AvgIpc) is 3.43. The molecule has 0 bridgehead atoms. The highest BCUT2D eigenvalue weighted by Crippen LogP contribution is 2.60. The zero-order chi connectivity index (χ0) is 34.0. The van der Waals surface area contributed by atoms with Gasteiger partial charge in [-0.2, -0.15) is 0 Å². The van der Waals surface area contributed by atoms with Gasteiger partial charge in [0, 0.05) is 38.9 Å². The molecule has 2 aliphatic rings. The van der Waals surface area contributed by atoms with Gasteiger partial charge < -0.3 is 24.2 Å². The van der Waals surface area contributed by atoms with Gasteiger partial charge in [0.25, 0.3) is 0 Å². The van der Waals surface area contributed by atoms with E-state index < -0.39 is 28.6 Å². The van der Waals surface area contributed by atoms with Gasteiger partial charge in [-0.15, -0.1) is 0 Å². The number of amides is 1. The number of carboxylic acid groups (broad SMARTS) is 1. The Kier molecular flexibility index (Phi) is 10.7. The summed E-state index contributed by atoms with van der Waals surface area (Å²) < 4.78 is 17.7. The summed E-state index contributed by atoms with van der Waals surface area (Å²) >= 11 is 0. The first kappa shape index (κ1) is 35.6. The molecule has 4 rings (SSSR count). The highest BCUT2D eigenvalue weighted by molar-refractivity contribution is 5.82. The SMILES string of the molecule is CCCC(C)CN(CC(C)CCC)C(=O)CN1C[C@](C)(c2ccc3c(c2C)OC(C)(C)O3)[C@@](C)(C(=O)O)[C@@H]1c1ccc(OC)cc1. The topological polar surface area (TPSA) is 88.5 Å². The maximum absolute atomic E-state index is 14.4. The van der Waals surface area contributed by atoms with Gasteiger partial charge in [-0.05, 0) is 73.4 Å². The monoisotopic (exact) mass is 636 g/mol. The molecular formula is C38H56N2O6. The van der Waals surface area contributed by atoms with Crippen LogP contribution >= 0.6 is 0 Å². The molecule has 46 heavy (non-hydrogen) atoms. The number of nitrogens with zero attached hydrogens (tertiary/aromatic N) is 2. The quantitative estimate of drug-likeness (QED) is 0.228. The molecule has 0 spiro atoms. The van der Waals surface area contributed by atoms with E-state index in [4.69, 9.17) is 14.2 Å². The van der Waals surface area contributed by atoms with Crippen molar-refractivity contribution in [3.8, 4) is 17.2 Å². The Bertz CT molecular complexity index is 1380. The Morgan fingerprint density at radius 3 is 2.09 bits per heavy atom. The lowest BCUT2D eigenvalue weighted by molar-refractivity contribution is -0.153. The van der Waals surface area contributed by atoms with Crippen LogP contribution in [0.3, 0.4) is 0 Å². The van der Waals surface area contributed by atoms with Gasteiger partial charge in [-0.3, -0.25) is 14.5 Å². The summed E-state index contributed by atoms with van der Waals surface area (Å²) in [6.07, 6.45) is 4.25. The number of benzene rings is 2. The number of likely N-dealkylation sites (tertiary alicyclic amines) is 1. The second-order valence-corrected chi connectivity index (χ2v) is 14.7. The summed E-state index contributed by atoms with van der Waals surface area (Å²) in [5, 5.41) is 11.2. The van der Waals surface area contributed by atoms with Crippen molar-refractivity contribution in [2.24, 2.45) is 17.3 Å². The number of fused-ring (bicyclic) bond motifs is 1. The Hall–Kier alpha value is -3.26. The Morgan fingerprint density at radius 2 is 1.57 bits per heavy atom. The molecule has 0 radical (unpaired) electrons. The second kappa shape index (κ2) is 13.8. The predicted octanol–water partition coefficient (Wildman–Crippen LogP) is 7.62. The summed E-state index contributed by atoms with van der Waals surface area (Å²) in [5.41, 5.74) is 0.409. The van der Waals surface area contributed by atoms with E-state index in [0.717, 1.165) is 42.4 Å². The second-order valence-electron chi connectivity index (χ2n) is 14.7. The van der Waals surface area contributed by atoms with Gasteiger partial charge in [0.05, 0.1) is 25.1 Å². The molecule has 1 saturated heterocycles. The number of aliphatic carboxylic acids is 1. The van der Waals surface area contributed by atoms with Crippen molar-refractivity contribution in [1.82, 2.24) is 9.80 Å². The van der Waals surface area contributed by atoms with Crippen LogP contribution in [-0.4, -0.2) is 65.9 Å². The summed E-state index contributed by atoms with van der Waals surface area (Å²) in [6.45, 7) is 20.3. The maximum Gasteiger partial charge on any atom is 0.312 e. The van der Waals surface area contributed by atoms with E-state index in [1.165, 1.54) is 0 Å². The molecular weight excluding hydrogens is 580 g/mol. The maximum atomic E-state index is 14.4. The molecule has 0 saturated carbocycles. The first-order chi connectivity index (χ1) is 21.6. The van der Waals surface area contributed by atoms with E-state index in [-0.39, 0.29) is 12.5 Å². The third-order valence-electron chi connectivity index (χ3n) is 10.4. The first-order valence-electron chi connectivity index (χ1n) is 17.0. The van der Waals surface area contributed by atoms with Crippen LogP contribution in [0.15, 0.2) is 36.4 Å². The van der Waals surface area contributed by atoms with Crippen LogP contribution in [0.1, 0.15) is 104 Å². The van der Waals surface area contributed by atoms with Crippen molar-refractivity contribution in [3.63, 3.8) is 0 Å². The van der Waals surface area contributed by atoms with Crippen molar-refractivity contribution in [3.05, 3.63) is 53.1 Å². The van der Waals surface area contributed by atoms with Crippen molar-refractivity contribution in [1.29, 1.82) is 0 Å². The Balaban J connectivity index is 1.81. The number of rotatable bonds is 14. The van der Waals surface area contributed by atoms with Gasteiger partial charge in [-0.25, -0.2) is 0 Å². The molecule has 8 nitrogen and oxygen atoms in total. The zero-order valence-electron chi connectivity index (χ0n) is 29.7. The number of methoxy groups -OCH3 is 1. The molecule has 0 aliphatic carbocycles. The first-order valence-corrected chi connectivity index (χ1v) is 17.0. The Labute approximate surface area is 276 Å². The van der Waals surface area contributed by atoms with Crippen LogP contribution in [-0.2, 0) is 15.0 Å². The molecule has 1 fully saturated rings. The number of ether oxygens (including phenoxy) is 3. The zero-order valence-corrected chi connectivity index (χ0v) is 29.7. The van der Waals surface area contributed by atoms with E-state index >= 15 is 0 Å². The number of carbonyl (C=O) groups is 2. The molecule has 8 heteroatoms. The molecule has 0 aromatic heterocycles. The lowest BCUT2D eigenvalue weighted by atomic mass is 9.59. The van der Waals surface area contributed by atoms with Gasteiger partial charge in [0.1, 0.15) is 5.75 Å². The molecule has 2 aromatic carbocycles.